The third kappa shape index (κ3) is 3.49. The molecule has 1 saturated heterocycles. The summed E-state index contributed by atoms with van der Waals surface area (Å²) in [5, 5.41) is 16.9. The summed E-state index contributed by atoms with van der Waals surface area (Å²) in [6, 6.07) is -0.878. The number of hydrogen-bond acceptors (Lipinski definition) is 10. The zero-order valence-electron chi connectivity index (χ0n) is 13.9. The molecule has 2 aliphatic heterocycles. The topological polar surface area (TPSA) is 147 Å². The highest BCUT2D eigenvalue weighted by atomic mass is 32.2. The maximum atomic E-state index is 12.6. The maximum absolute atomic E-state index is 12.6. The van der Waals surface area contributed by atoms with Gasteiger partial charge in [-0.1, -0.05) is 5.16 Å². The lowest BCUT2D eigenvalue weighted by molar-refractivity contribution is -0.150. The molecule has 2 atom stereocenters. The van der Waals surface area contributed by atoms with Crippen molar-refractivity contribution in [3.8, 4) is 0 Å². The van der Waals surface area contributed by atoms with E-state index in [-0.39, 0.29) is 28.0 Å². The van der Waals surface area contributed by atoms with Gasteiger partial charge in [-0.3, -0.25) is 14.5 Å². The van der Waals surface area contributed by atoms with Crippen molar-refractivity contribution in [2.24, 2.45) is 5.16 Å². The summed E-state index contributed by atoms with van der Waals surface area (Å²) in [6.07, 6.45) is 0. The minimum Gasteiger partial charge on any atom is -0.477 e. The van der Waals surface area contributed by atoms with E-state index in [1.165, 1.54) is 23.8 Å². The molecule has 13 heteroatoms. The number of rotatable bonds is 6. The lowest BCUT2D eigenvalue weighted by atomic mass is 10.0. The molecule has 1 fully saturated rings. The van der Waals surface area contributed by atoms with Crippen molar-refractivity contribution in [2.75, 3.05) is 24.3 Å². The highest BCUT2D eigenvalue weighted by Crippen LogP contribution is 2.40. The Morgan fingerprint density at radius 2 is 2.33 bits per heavy atom. The SMILES string of the molecule is CON=C(C(=O)NC1C(=O)N2C(C(=O)O)=C(CS)CS[C@H]12)c1csc(N)n1. The number of aliphatic carboxylic acids is 1. The molecule has 2 amide bonds. The predicted octanol–water partition coefficient (Wildman–Crippen LogP) is -0.256. The number of nitrogens with one attached hydrogen (secondary N) is 1. The van der Waals surface area contributed by atoms with E-state index in [4.69, 9.17) is 5.73 Å². The number of carbonyl (C=O) groups excluding carboxylic acids is 2. The fourth-order valence-electron chi connectivity index (χ4n) is 2.71. The number of nitrogen functional groups attached to an aromatic ring is 1. The van der Waals surface area contributed by atoms with Gasteiger partial charge in [-0.05, 0) is 5.57 Å². The van der Waals surface area contributed by atoms with Crippen LogP contribution in [0.5, 0.6) is 0 Å². The molecule has 27 heavy (non-hydrogen) atoms. The highest BCUT2D eigenvalue weighted by molar-refractivity contribution is 8.00. The van der Waals surface area contributed by atoms with Gasteiger partial charge in [-0.15, -0.1) is 23.1 Å². The molecule has 10 nitrogen and oxygen atoms in total. The number of carbonyl (C=O) groups is 3. The molecule has 0 spiro atoms. The van der Waals surface area contributed by atoms with Crippen molar-refractivity contribution in [3.63, 3.8) is 0 Å². The van der Waals surface area contributed by atoms with Gasteiger partial charge in [-0.2, -0.15) is 12.6 Å². The van der Waals surface area contributed by atoms with E-state index in [0.717, 1.165) is 11.3 Å². The molecule has 2 aliphatic rings. The Hall–Kier alpha value is -2.25. The Morgan fingerprint density at radius 3 is 2.89 bits per heavy atom. The summed E-state index contributed by atoms with van der Waals surface area (Å²) >= 11 is 6.62. The molecular formula is C14H15N5O5S3. The van der Waals surface area contributed by atoms with Gasteiger partial charge in [0.25, 0.3) is 11.8 Å². The van der Waals surface area contributed by atoms with Gasteiger partial charge in [0.2, 0.25) is 0 Å². The Bertz CT molecular complexity index is 867. The molecule has 1 aromatic heterocycles. The summed E-state index contributed by atoms with van der Waals surface area (Å²) in [7, 11) is 1.28. The normalized spacial score (nSPS) is 22.2. The van der Waals surface area contributed by atoms with Crippen LogP contribution in [-0.4, -0.2) is 68.5 Å². The van der Waals surface area contributed by atoms with Crippen LogP contribution >= 0.6 is 35.7 Å². The molecule has 0 aliphatic carbocycles. The van der Waals surface area contributed by atoms with Gasteiger partial charge < -0.3 is 21.0 Å². The Balaban J connectivity index is 1.79. The molecule has 1 aromatic rings. The molecule has 1 unspecified atom stereocenters. The Morgan fingerprint density at radius 1 is 1.59 bits per heavy atom. The van der Waals surface area contributed by atoms with Crippen molar-refractivity contribution in [2.45, 2.75) is 11.4 Å². The first-order valence-electron chi connectivity index (χ1n) is 7.53. The summed E-state index contributed by atoms with van der Waals surface area (Å²) < 4.78 is 0. The number of oxime groups is 1. The van der Waals surface area contributed by atoms with Crippen LogP contribution in [0.15, 0.2) is 21.8 Å². The van der Waals surface area contributed by atoms with Crippen LogP contribution in [0.3, 0.4) is 0 Å². The van der Waals surface area contributed by atoms with Crippen LogP contribution in [-0.2, 0) is 19.2 Å². The zero-order chi connectivity index (χ0) is 19.7. The molecule has 0 bridgehead atoms. The average molecular weight is 430 g/mol. The van der Waals surface area contributed by atoms with E-state index in [2.05, 4.69) is 32.9 Å². The van der Waals surface area contributed by atoms with E-state index in [9.17, 15) is 19.5 Å². The summed E-state index contributed by atoms with van der Waals surface area (Å²) in [6.45, 7) is 0. The number of fused-ring (bicyclic) bond motifs is 1. The number of thiazole rings is 1. The molecular weight excluding hydrogens is 414 g/mol. The first-order valence-corrected chi connectivity index (χ1v) is 10.1. The number of anilines is 1. The Labute approximate surface area is 167 Å². The van der Waals surface area contributed by atoms with Gasteiger partial charge in [-0.25, -0.2) is 9.78 Å². The number of thioether (sulfide) groups is 1. The minimum absolute atomic E-state index is 0.0673. The number of carboxylic acid groups (broad SMARTS) is 1. The van der Waals surface area contributed by atoms with Gasteiger partial charge in [0, 0.05) is 16.9 Å². The summed E-state index contributed by atoms with van der Waals surface area (Å²) in [5.41, 5.74) is 6.17. The smallest absolute Gasteiger partial charge is 0.352 e. The third-order valence-corrected chi connectivity index (χ3v) is 6.28. The lowest BCUT2D eigenvalue weighted by Crippen LogP contribution is -2.71. The predicted molar refractivity (Wildman–Crippen MR) is 104 cm³/mol. The van der Waals surface area contributed by atoms with E-state index < -0.39 is 29.2 Å². The average Bonchev–Trinajstić information content (AvgIpc) is 3.08. The van der Waals surface area contributed by atoms with Crippen LogP contribution in [0.25, 0.3) is 0 Å². The monoisotopic (exact) mass is 429 g/mol. The molecule has 3 heterocycles. The number of nitrogens with two attached hydrogens (primary N) is 1. The van der Waals surface area contributed by atoms with Gasteiger partial charge in [0.15, 0.2) is 10.8 Å². The van der Waals surface area contributed by atoms with Crippen molar-refractivity contribution >= 4 is 64.4 Å². The van der Waals surface area contributed by atoms with Crippen LogP contribution in [0.2, 0.25) is 0 Å². The van der Waals surface area contributed by atoms with Crippen LogP contribution in [0, 0.1) is 0 Å². The van der Waals surface area contributed by atoms with E-state index >= 15 is 0 Å². The van der Waals surface area contributed by atoms with Crippen LogP contribution < -0.4 is 11.1 Å². The van der Waals surface area contributed by atoms with Gasteiger partial charge >= 0.3 is 5.97 Å². The van der Waals surface area contributed by atoms with Gasteiger partial charge in [0.05, 0.1) is 0 Å². The van der Waals surface area contributed by atoms with E-state index in [1.54, 1.807) is 5.38 Å². The van der Waals surface area contributed by atoms with Crippen molar-refractivity contribution in [1.29, 1.82) is 0 Å². The van der Waals surface area contributed by atoms with Crippen molar-refractivity contribution < 1.29 is 24.3 Å². The quantitative estimate of drug-likeness (QED) is 0.209. The van der Waals surface area contributed by atoms with E-state index in [1.807, 2.05) is 0 Å². The molecule has 0 saturated carbocycles. The second kappa shape index (κ2) is 7.78. The fraction of sp³-hybridized carbons (Fsp3) is 0.357. The largest absolute Gasteiger partial charge is 0.477 e. The Kier molecular flexibility index (Phi) is 5.62. The highest BCUT2D eigenvalue weighted by Gasteiger charge is 2.54. The summed E-state index contributed by atoms with van der Waals surface area (Å²) in [5.74, 6) is -1.72. The molecule has 0 radical (unpaired) electrons. The molecule has 3 rings (SSSR count). The standard InChI is InChI=1S/C14H15N5O5S3/c1-24-18-7(6-4-27-14(15)16-6)10(20)17-8-11(21)19-9(13(22)23)5(2-25)3-26-12(8)19/h4,8,12,25H,2-3H2,1H3,(H2,15,16)(H,17,20)(H,22,23)/t8?,12-/m1/s1. The van der Waals surface area contributed by atoms with Gasteiger partial charge in [0.1, 0.15) is 29.9 Å². The number of nitrogens with zero attached hydrogens (tertiary/aromatic N) is 3. The van der Waals surface area contributed by atoms with Crippen molar-refractivity contribution in [1.82, 2.24) is 15.2 Å². The number of carboxylic acids is 1. The first-order chi connectivity index (χ1) is 12.9. The second-order valence-electron chi connectivity index (χ2n) is 5.47. The maximum Gasteiger partial charge on any atom is 0.352 e. The summed E-state index contributed by atoms with van der Waals surface area (Å²) in [4.78, 5) is 46.5. The number of thiol groups is 1. The molecule has 0 aromatic carbocycles. The number of amides is 2. The number of aromatic nitrogens is 1. The first kappa shape index (κ1) is 19.5. The number of hydrogen-bond donors (Lipinski definition) is 4. The number of β-lactam (4-membered cyclic amide) rings is 1. The second-order valence-corrected chi connectivity index (χ2v) is 7.78. The fourth-order valence-corrected chi connectivity index (χ4v) is 5.01. The molecule has 144 valence electrons. The van der Waals surface area contributed by atoms with E-state index in [0.29, 0.717) is 11.3 Å². The lowest BCUT2D eigenvalue weighted by Gasteiger charge is -2.49. The minimum atomic E-state index is -1.19. The van der Waals surface area contributed by atoms with Crippen LogP contribution in [0.1, 0.15) is 5.69 Å². The third-order valence-electron chi connectivity index (χ3n) is 3.89. The molecule has 4 N–H and O–H groups in total. The zero-order valence-corrected chi connectivity index (χ0v) is 16.4. The van der Waals surface area contributed by atoms with Crippen molar-refractivity contribution in [3.05, 3.63) is 22.3 Å². The van der Waals surface area contributed by atoms with Crippen LogP contribution in [0.4, 0.5) is 5.13 Å².